The monoisotopic (exact) mass is 378 g/mol. The van der Waals surface area contributed by atoms with E-state index in [0.717, 1.165) is 0 Å². The van der Waals surface area contributed by atoms with Crippen LogP contribution < -0.4 is 10.6 Å². The standard InChI is InChI=1S/C18H19ClN2O5/c1-11-10-26-14(9-16(23)24)17(11)18(25)20-8-2-3-15(22)21-13-6-4-12(19)5-7-13/h4-7,10H,2-3,8-9H2,1H3,(H,20,25)(H,21,22)(H,23,24). The number of rotatable bonds is 8. The molecule has 1 heterocycles. The summed E-state index contributed by atoms with van der Waals surface area (Å²) in [5.74, 6) is -1.54. The summed E-state index contributed by atoms with van der Waals surface area (Å²) in [5.41, 5.74) is 1.45. The minimum Gasteiger partial charge on any atom is -0.481 e. The zero-order chi connectivity index (χ0) is 19.1. The largest absolute Gasteiger partial charge is 0.481 e. The second-order valence-corrected chi connectivity index (χ2v) is 6.14. The van der Waals surface area contributed by atoms with E-state index in [0.29, 0.717) is 22.7 Å². The van der Waals surface area contributed by atoms with Crippen LogP contribution >= 0.6 is 11.6 Å². The third-order valence-electron chi connectivity index (χ3n) is 3.58. The number of benzene rings is 1. The van der Waals surface area contributed by atoms with Crippen molar-refractivity contribution in [2.45, 2.75) is 26.2 Å². The van der Waals surface area contributed by atoms with Gasteiger partial charge in [0.25, 0.3) is 5.91 Å². The first-order valence-corrected chi connectivity index (χ1v) is 8.37. The Kier molecular flexibility index (Phi) is 6.80. The predicted molar refractivity (Wildman–Crippen MR) is 96.4 cm³/mol. The number of furan rings is 1. The molecule has 1 aromatic carbocycles. The van der Waals surface area contributed by atoms with E-state index < -0.39 is 11.9 Å². The molecular formula is C18H19ClN2O5. The lowest BCUT2D eigenvalue weighted by Crippen LogP contribution is -2.26. The van der Waals surface area contributed by atoms with Crippen LogP contribution in [0.2, 0.25) is 5.02 Å². The van der Waals surface area contributed by atoms with Gasteiger partial charge >= 0.3 is 5.97 Å². The number of carbonyl (C=O) groups is 3. The van der Waals surface area contributed by atoms with Crippen molar-refractivity contribution in [2.75, 3.05) is 11.9 Å². The van der Waals surface area contributed by atoms with Crippen LogP contribution in [-0.4, -0.2) is 29.4 Å². The lowest BCUT2D eigenvalue weighted by atomic mass is 10.1. The summed E-state index contributed by atoms with van der Waals surface area (Å²) < 4.78 is 5.13. The Morgan fingerprint density at radius 2 is 1.88 bits per heavy atom. The Morgan fingerprint density at radius 1 is 1.19 bits per heavy atom. The number of anilines is 1. The van der Waals surface area contributed by atoms with Crippen LogP contribution in [-0.2, 0) is 16.0 Å². The van der Waals surface area contributed by atoms with Crippen LogP contribution in [0.15, 0.2) is 34.9 Å². The van der Waals surface area contributed by atoms with Crippen molar-refractivity contribution in [3.8, 4) is 0 Å². The number of aryl methyl sites for hydroxylation is 1. The van der Waals surface area contributed by atoms with Gasteiger partial charge in [0.15, 0.2) is 0 Å². The fourth-order valence-electron chi connectivity index (χ4n) is 2.37. The molecule has 0 aliphatic rings. The molecular weight excluding hydrogens is 360 g/mol. The van der Waals surface area contributed by atoms with Gasteiger partial charge in [-0.05, 0) is 37.6 Å². The van der Waals surface area contributed by atoms with E-state index >= 15 is 0 Å². The zero-order valence-corrected chi connectivity index (χ0v) is 14.9. The van der Waals surface area contributed by atoms with Gasteiger partial charge < -0.3 is 20.2 Å². The lowest BCUT2D eigenvalue weighted by molar-refractivity contribution is -0.136. The Hall–Kier alpha value is -2.80. The van der Waals surface area contributed by atoms with E-state index in [-0.39, 0.29) is 36.6 Å². The Balaban J connectivity index is 1.78. The topological polar surface area (TPSA) is 109 Å². The highest BCUT2D eigenvalue weighted by molar-refractivity contribution is 6.30. The Morgan fingerprint density at radius 3 is 2.54 bits per heavy atom. The normalized spacial score (nSPS) is 10.4. The molecule has 0 bridgehead atoms. The van der Waals surface area contributed by atoms with E-state index in [4.69, 9.17) is 21.1 Å². The number of hydrogen-bond donors (Lipinski definition) is 3. The number of hydrogen-bond acceptors (Lipinski definition) is 4. The maximum absolute atomic E-state index is 12.2. The number of halogens is 1. The van der Waals surface area contributed by atoms with Gasteiger partial charge in [-0.15, -0.1) is 0 Å². The van der Waals surface area contributed by atoms with Gasteiger partial charge in [0.1, 0.15) is 12.2 Å². The maximum atomic E-state index is 12.2. The van der Waals surface area contributed by atoms with E-state index in [1.165, 1.54) is 6.26 Å². The van der Waals surface area contributed by atoms with Crippen LogP contribution in [0.25, 0.3) is 0 Å². The molecule has 1 aromatic heterocycles. The van der Waals surface area contributed by atoms with Crippen molar-refractivity contribution in [2.24, 2.45) is 0 Å². The first-order chi connectivity index (χ1) is 12.4. The fourth-order valence-corrected chi connectivity index (χ4v) is 2.49. The highest BCUT2D eigenvalue weighted by Crippen LogP contribution is 2.17. The minimum atomic E-state index is -1.08. The molecule has 2 amide bonds. The summed E-state index contributed by atoms with van der Waals surface area (Å²) >= 11 is 5.78. The molecule has 0 unspecified atom stereocenters. The SMILES string of the molecule is Cc1coc(CC(=O)O)c1C(=O)NCCCC(=O)Nc1ccc(Cl)cc1. The van der Waals surface area contributed by atoms with Crippen LogP contribution in [0.5, 0.6) is 0 Å². The molecule has 0 radical (unpaired) electrons. The fraction of sp³-hybridized carbons (Fsp3) is 0.278. The van der Waals surface area contributed by atoms with Gasteiger partial charge in [-0.25, -0.2) is 0 Å². The summed E-state index contributed by atoms with van der Waals surface area (Å²) in [5, 5.41) is 14.8. The van der Waals surface area contributed by atoms with Crippen LogP contribution in [0, 0.1) is 6.92 Å². The van der Waals surface area contributed by atoms with Gasteiger partial charge in [0, 0.05) is 29.2 Å². The number of carboxylic acids is 1. The molecule has 0 fully saturated rings. The quantitative estimate of drug-likeness (QED) is 0.612. The molecule has 2 aromatic rings. The molecule has 26 heavy (non-hydrogen) atoms. The minimum absolute atomic E-state index is 0.119. The van der Waals surface area contributed by atoms with Crippen molar-refractivity contribution in [1.29, 1.82) is 0 Å². The number of aliphatic carboxylic acids is 1. The van der Waals surface area contributed by atoms with Crippen molar-refractivity contribution in [3.63, 3.8) is 0 Å². The average Bonchev–Trinajstić information content (AvgIpc) is 2.93. The highest BCUT2D eigenvalue weighted by Gasteiger charge is 2.20. The molecule has 2 rings (SSSR count). The van der Waals surface area contributed by atoms with Gasteiger partial charge in [0.05, 0.1) is 11.8 Å². The predicted octanol–water partition coefficient (Wildman–Crippen LogP) is 3.02. The van der Waals surface area contributed by atoms with Crippen molar-refractivity contribution >= 4 is 35.1 Å². The molecule has 0 saturated carbocycles. The van der Waals surface area contributed by atoms with Gasteiger partial charge in [0.2, 0.25) is 5.91 Å². The second-order valence-electron chi connectivity index (χ2n) is 5.70. The molecule has 0 atom stereocenters. The average molecular weight is 379 g/mol. The molecule has 0 saturated heterocycles. The van der Waals surface area contributed by atoms with Gasteiger partial charge in [-0.3, -0.25) is 14.4 Å². The maximum Gasteiger partial charge on any atom is 0.311 e. The number of nitrogens with one attached hydrogen (secondary N) is 2. The second kappa shape index (κ2) is 9.05. The van der Waals surface area contributed by atoms with Crippen molar-refractivity contribution in [3.05, 3.63) is 52.4 Å². The first-order valence-electron chi connectivity index (χ1n) is 7.99. The third kappa shape index (κ3) is 5.63. The summed E-state index contributed by atoms with van der Waals surface area (Å²) in [7, 11) is 0. The summed E-state index contributed by atoms with van der Waals surface area (Å²) in [6.45, 7) is 1.95. The summed E-state index contributed by atoms with van der Waals surface area (Å²) in [6.07, 6.45) is 1.67. The molecule has 0 aliphatic heterocycles. The van der Waals surface area contributed by atoms with Crippen molar-refractivity contribution in [1.82, 2.24) is 5.32 Å². The number of amides is 2. The summed E-state index contributed by atoms with van der Waals surface area (Å²) in [4.78, 5) is 34.9. The zero-order valence-electron chi connectivity index (χ0n) is 14.2. The Bertz CT molecular complexity index is 798. The molecule has 0 aliphatic carbocycles. The first kappa shape index (κ1) is 19.5. The van der Waals surface area contributed by atoms with Crippen LogP contribution in [0.1, 0.15) is 34.5 Å². The van der Waals surface area contributed by atoms with Gasteiger partial charge in [-0.1, -0.05) is 11.6 Å². The third-order valence-corrected chi connectivity index (χ3v) is 3.84. The number of carbonyl (C=O) groups excluding carboxylic acids is 2. The van der Waals surface area contributed by atoms with E-state index in [1.54, 1.807) is 31.2 Å². The summed E-state index contributed by atoms with van der Waals surface area (Å²) in [6, 6.07) is 6.76. The lowest BCUT2D eigenvalue weighted by Gasteiger charge is -2.07. The van der Waals surface area contributed by atoms with Crippen LogP contribution in [0.4, 0.5) is 5.69 Å². The molecule has 7 nitrogen and oxygen atoms in total. The van der Waals surface area contributed by atoms with Crippen molar-refractivity contribution < 1.29 is 23.9 Å². The molecule has 3 N–H and O–H groups in total. The molecule has 0 spiro atoms. The Labute approximate surface area is 155 Å². The molecule has 138 valence electrons. The van der Waals surface area contributed by atoms with Gasteiger partial charge in [-0.2, -0.15) is 0 Å². The van der Waals surface area contributed by atoms with E-state index in [9.17, 15) is 14.4 Å². The van der Waals surface area contributed by atoms with E-state index in [2.05, 4.69) is 10.6 Å². The van der Waals surface area contributed by atoms with E-state index in [1.807, 2.05) is 0 Å². The molecule has 8 heteroatoms. The highest BCUT2D eigenvalue weighted by atomic mass is 35.5. The van der Waals surface area contributed by atoms with Crippen LogP contribution in [0.3, 0.4) is 0 Å². The smallest absolute Gasteiger partial charge is 0.311 e. The number of carboxylic acid groups (broad SMARTS) is 1.